The van der Waals surface area contributed by atoms with Gasteiger partial charge in [-0.3, -0.25) is 19.7 Å². The van der Waals surface area contributed by atoms with Crippen molar-refractivity contribution in [3.8, 4) is 0 Å². The van der Waals surface area contributed by atoms with Gasteiger partial charge in [-0.25, -0.2) is 4.79 Å². The van der Waals surface area contributed by atoms with E-state index in [1.165, 1.54) is 30.4 Å². The molecule has 2 heterocycles. The minimum atomic E-state index is -0.669. The molecule has 0 spiro atoms. The summed E-state index contributed by atoms with van der Waals surface area (Å²) in [6.07, 6.45) is 8.31. The standard InChI is InChI=1S/C23H29N3O6/c27-19(24-22(30)25-23-8-14-4-15(9-23)6-16(5-14)10-23)13-32-21(29)17-7-20(28)26(11-17)12-18-2-1-3-31-18/h1-3,14-17H,4-13H2,(H2,24,25,27,30). The zero-order chi connectivity index (χ0) is 22.3. The summed E-state index contributed by atoms with van der Waals surface area (Å²) in [4.78, 5) is 50.6. The Morgan fingerprint density at radius 3 is 2.44 bits per heavy atom. The van der Waals surface area contributed by atoms with Gasteiger partial charge in [0.1, 0.15) is 5.76 Å². The Hall–Kier alpha value is -2.84. The largest absolute Gasteiger partial charge is 0.467 e. The van der Waals surface area contributed by atoms with E-state index >= 15 is 0 Å². The van der Waals surface area contributed by atoms with Gasteiger partial charge in [0.2, 0.25) is 5.91 Å². The molecule has 5 aliphatic rings. The molecule has 1 aromatic heterocycles. The van der Waals surface area contributed by atoms with Crippen molar-refractivity contribution in [2.24, 2.45) is 23.7 Å². The molecular formula is C23H29N3O6. The molecule has 9 nitrogen and oxygen atoms in total. The lowest BCUT2D eigenvalue weighted by Gasteiger charge is -2.56. The number of hydrogen-bond donors (Lipinski definition) is 2. The molecule has 2 N–H and O–H groups in total. The van der Waals surface area contributed by atoms with Gasteiger partial charge in [0.15, 0.2) is 6.61 Å². The number of carbonyl (C=O) groups excluding carboxylic acids is 4. The first-order chi connectivity index (χ1) is 15.4. The van der Waals surface area contributed by atoms with E-state index in [1.807, 2.05) is 0 Å². The molecule has 5 fully saturated rings. The number of nitrogens with zero attached hydrogens (tertiary/aromatic N) is 1. The van der Waals surface area contributed by atoms with E-state index < -0.39 is 30.4 Å². The van der Waals surface area contributed by atoms with E-state index in [0.29, 0.717) is 30.1 Å². The molecule has 172 valence electrons. The summed E-state index contributed by atoms with van der Waals surface area (Å²) in [5, 5.41) is 5.35. The van der Waals surface area contributed by atoms with Gasteiger partial charge in [0, 0.05) is 18.5 Å². The highest BCUT2D eigenvalue weighted by Crippen LogP contribution is 2.55. The van der Waals surface area contributed by atoms with Gasteiger partial charge >= 0.3 is 12.0 Å². The molecule has 1 aliphatic heterocycles. The van der Waals surface area contributed by atoms with Crippen molar-refractivity contribution in [3.05, 3.63) is 24.2 Å². The summed E-state index contributed by atoms with van der Waals surface area (Å²) >= 11 is 0. The fourth-order valence-corrected chi connectivity index (χ4v) is 6.63. The van der Waals surface area contributed by atoms with Crippen LogP contribution in [-0.4, -0.2) is 47.4 Å². The van der Waals surface area contributed by atoms with E-state index in [0.717, 1.165) is 19.3 Å². The highest BCUT2D eigenvalue weighted by molar-refractivity contribution is 5.96. The summed E-state index contributed by atoms with van der Waals surface area (Å²) in [5.41, 5.74) is -0.197. The quantitative estimate of drug-likeness (QED) is 0.649. The number of rotatable bonds is 6. The summed E-state index contributed by atoms with van der Waals surface area (Å²) in [5.74, 6) is 0.596. The third-order valence-electron chi connectivity index (χ3n) is 7.49. The van der Waals surface area contributed by atoms with Gasteiger partial charge < -0.3 is 19.4 Å². The second-order valence-electron chi connectivity index (χ2n) is 10.1. The maximum Gasteiger partial charge on any atom is 0.321 e. The fraction of sp³-hybridized carbons (Fsp3) is 0.652. The van der Waals surface area contributed by atoms with Crippen molar-refractivity contribution in [1.29, 1.82) is 0 Å². The van der Waals surface area contributed by atoms with Crippen LogP contribution in [0.3, 0.4) is 0 Å². The molecule has 0 aromatic carbocycles. The predicted octanol–water partition coefficient (Wildman–Crippen LogP) is 1.97. The Bertz CT molecular complexity index is 876. The molecule has 9 heteroatoms. The molecule has 1 aromatic rings. The van der Waals surface area contributed by atoms with Crippen LogP contribution in [0, 0.1) is 23.7 Å². The van der Waals surface area contributed by atoms with Crippen LogP contribution in [0.5, 0.6) is 0 Å². The van der Waals surface area contributed by atoms with Gasteiger partial charge in [-0.1, -0.05) is 0 Å². The van der Waals surface area contributed by atoms with Gasteiger partial charge in [-0.15, -0.1) is 0 Å². The number of nitrogens with one attached hydrogen (secondary N) is 2. The number of amides is 4. The van der Waals surface area contributed by atoms with Gasteiger partial charge in [0.25, 0.3) is 5.91 Å². The maximum atomic E-state index is 12.4. The Kier molecular flexibility index (Phi) is 5.43. The van der Waals surface area contributed by atoms with Crippen LogP contribution >= 0.6 is 0 Å². The number of hydrogen-bond acceptors (Lipinski definition) is 6. The van der Waals surface area contributed by atoms with Crippen LogP contribution in [0.1, 0.15) is 50.7 Å². The lowest BCUT2D eigenvalue weighted by Crippen LogP contribution is -2.62. The topological polar surface area (TPSA) is 118 Å². The first-order valence-electron chi connectivity index (χ1n) is 11.5. The second kappa shape index (κ2) is 8.26. The number of carbonyl (C=O) groups is 4. The first kappa shape index (κ1) is 21.0. The summed E-state index contributed by atoms with van der Waals surface area (Å²) in [7, 11) is 0. The maximum absolute atomic E-state index is 12.4. The van der Waals surface area contributed by atoms with Crippen LogP contribution in [0.2, 0.25) is 0 Å². The van der Waals surface area contributed by atoms with Gasteiger partial charge in [-0.05, 0) is 68.4 Å². The van der Waals surface area contributed by atoms with Crippen molar-refractivity contribution in [1.82, 2.24) is 15.5 Å². The third-order valence-corrected chi connectivity index (χ3v) is 7.49. The zero-order valence-electron chi connectivity index (χ0n) is 18.0. The molecule has 1 atom stereocenters. The van der Waals surface area contributed by atoms with E-state index in [-0.39, 0.29) is 24.4 Å². The highest BCUT2D eigenvalue weighted by atomic mass is 16.5. The van der Waals surface area contributed by atoms with Crippen molar-refractivity contribution in [3.63, 3.8) is 0 Å². The predicted molar refractivity (Wildman–Crippen MR) is 111 cm³/mol. The molecule has 4 amide bonds. The smallest absolute Gasteiger partial charge is 0.321 e. The van der Waals surface area contributed by atoms with E-state index in [1.54, 1.807) is 12.1 Å². The van der Waals surface area contributed by atoms with Crippen LogP contribution in [0.15, 0.2) is 22.8 Å². The number of furan rings is 1. The minimum Gasteiger partial charge on any atom is -0.467 e. The average Bonchev–Trinajstić information content (AvgIpc) is 3.35. The van der Waals surface area contributed by atoms with E-state index in [9.17, 15) is 19.2 Å². The van der Waals surface area contributed by atoms with Crippen LogP contribution in [0.4, 0.5) is 4.79 Å². The number of ether oxygens (including phenoxy) is 1. The van der Waals surface area contributed by atoms with Crippen molar-refractivity contribution in [2.75, 3.05) is 13.2 Å². The summed E-state index contributed by atoms with van der Waals surface area (Å²) < 4.78 is 10.3. The SMILES string of the molecule is O=C(COC(=O)C1CC(=O)N(Cc2ccco2)C1)NC(=O)NC12CC3CC(CC(C3)C1)C2. The van der Waals surface area contributed by atoms with E-state index in [4.69, 9.17) is 9.15 Å². The van der Waals surface area contributed by atoms with Gasteiger partial charge in [0.05, 0.1) is 18.7 Å². The van der Waals surface area contributed by atoms with E-state index in [2.05, 4.69) is 10.6 Å². The molecule has 4 saturated carbocycles. The molecule has 32 heavy (non-hydrogen) atoms. The monoisotopic (exact) mass is 443 g/mol. The van der Waals surface area contributed by atoms with Crippen LogP contribution in [0.25, 0.3) is 0 Å². The minimum absolute atomic E-state index is 0.0354. The highest BCUT2D eigenvalue weighted by Gasteiger charge is 2.51. The summed E-state index contributed by atoms with van der Waals surface area (Å²) in [6.45, 7) is -0.0386. The van der Waals surface area contributed by atoms with Crippen LogP contribution in [-0.2, 0) is 25.7 Å². The molecule has 4 aliphatic carbocycles. The molecule has 0 radical (unpaired) electrons. The number of urea groups is 1. The number of imide groups is 1. The average molecular weight is 444 g/mol. The Morgan fingerprint density at radius 2 is 1.81 bits per heavy atom. The Balaban J connectivity index is 1.06. The molecule has 1 saturated heterocycles. The van der Waals surface area contributed by atoms with Crippen molar-refractivity contribution in [2.45, 2.75) is 57.0 Å². The van der Waals surface area contributed by atoms with Crippen LogP contribution < -0.4 is 10.6 Å². The molecule has 1 unspecified atom stereocenters. The molecule has 6 rings (SSSR count). The first-order valence-corrected chi connectivity index (χ1v) is 11.5. The second-order valence-corrected chi connectivity index (χ2v) is 10.1. The third kappa shape index (κ3) is 4.38. The number of esters is 1. The fourth-order valence-electron chi connectivity index (χ4n) is 6.63. The Morgan fingerprint density at radius 1 is 1.12 bits per heavy atom. The van der Waals surface area contributed by atoms with Crippen molar-refractivity contribution >= 4 is 23.8 Å². The molecule has 4 bridgehead atoms. The Labute approximate surface area is 186 Å². The van der Waals surface area contributed by atoms with Gasteiger partial charge in [-0.2, -0.15) is 0 Å². The lowest BCUT2D eigenvalue weighted by molar-refractivity contribution is -0.152. The lowest BCUT2D eigenvalue weighted by atomic mass is 9.53. The molecular weight excluding hydrogens is 414 g/mol. The normalized spacial score (nSPS) is 32.8. The van der Waals surface area contributed by atoms with Crippen molar-refractivity contribution < 1.29 is 28.3 Å². The zero-order valence-corrected chi connectivity index (χ0v) is 18.0. The summed E-state index contributed by atoms with van der Waals surface area (Å²) in [6, 6.07) is 2.98. The number of likely N-dealkylation sites (tertiary alicyclic amines) is 1.